The normalized spacial score (nSPS) is 15.3. The van der Waals surface area contributed by atoms with Crippen molar-refractivity contribution in [2.75, 3.05) is 26.7 Å². The van der Waals surface area contributed by atoms with Crippen molar-refractivity contribution in [1.82, 2.24) is 10.2 Å². The second kappa shape index (κ2) is 6.72. The largest absolute Gasteiger partial charge is 0.396 e. The van der Waals surface area contributed by atoms with Crippen molar-refractivity contribution < 1.29 is 14.7 Å². The standard InChI is InChI=1S/C16H22N2O3/c1-18(15(21)13-5-3-2-4-6-13)11-14(20)17-12-16(7-8-16)9-10-19/h2-6,19H,7-12H2,1H3,(H,17,20). The Morgan fingerprint density at radius 2 is 1.95 bits per heavy atom. The van der Waals surface area contributed by atoms with Crippen LogP contribution in [0.5, 0.6) is 0 Å². The summed E-state index contributed by atoms with van der Waals surface area (Å²) in [5.41, 5.74) is 0.665. The number of rotatable bonds is 7. The van der Waals surface area contributed by atoms with E-state index in [1.54, 1.807) is 31.3 Å². The number of hydrogen-bond acceptors (Lipinski definition) is 3. The van der Waals surface area contributed by atoms with Crippen LogP contribution in [0.15, 0.2) is 30.3 Å². The summed E-state index contributed by atoms with van der Waals surface area (Å²) in [5.74, 6) is -0.326. The number of benzene rings is 1. The molecule has 0 atom stereocenters. The van der Waals surface area contributed by atoms with E-state index >= 15 is 0 Å². The Bertz CT molecular complexity index is 498. The van der Waals surface area contributed by atoms with Gasteiger partial charge >= 0.3 is 0 Å². The van der Waals surface area contributed by atoms with Gasteiger partial charge in [0, 0.05) is 25.8 Å². The van der Waals surface area contributed by atoms with Gasteiger partial charge < -0.3 is 15.3 Å². The summed E-state index contributed by atoms with van der Waals surface area (Å²) in [7, 11) is 1.62. The molecule has 21 heavy (non-hydrogen) atoms. The third kappa shape index (κ3) is 4.29. The number of nitrogens with zero attached hydrogens (tertiary/aromatic N) is 1. The molecule has 5 nitrogen and oxygen atoms in total. The number of carbonyl (C=O) groups excluding carboxylic acids is 2. The molecular weight excluding hydrogens is 268 g/mol. The predicted molar refractivity (Wildman–Crippen MR) is 79.8 cm³/mol. The van der Waals surface area contributed by atoms with Gasteiger partial charge in [0.15, 0.2) is 0 Å². The highest BCUT2D eigenvalue weighted by atomic mass is 16.3. The Kier molecular flexibility index (Phi) is 4.96. The molecule has 0 aromatic heterocycles. The van der Waals surface area contributed by atoms with Crippen molar-refractivity contribution in [3.8, 4) is 0 Å². The van der Waals surface area contributed by atoms with Crippen LogP contribution in [-0.4, -0.2) is 48.6 Å². The summed E-state index contributed by atoms with van der Waals surface area (Å²) in [4.78, 5) is 25.4. The fourth-order valence-corrected chi connectivity index (χ4v) is 2.36. The molecule has 0 bridgehead atoms. The van der Waals surface area contributed by atoms with E-state index in [0.717, 1.165) is 19.3 Å². The number of amides is 2. The quantitative estimate of drug-likeness (QED) is 0.788. The van der Waals surface area contributed by atoms with Gasteiger partial charge in [-0.1, -0.05) is 18.2 Å². The maximum Gasteiger partial charge on any atom is 0.254 e. The molecule has 1 saturated carbocycles. The molecule has 1 aliphatic carbocycles. The molecular formula is C16H22N2O3. The Hall–Kier alpha value is -1.88. The number of likely N-dealkylation sites (N-methyl/N-ethyl adjacent to an activating group) is 1. The SMILES string of the molecule is CN(CC(=O)NCC1(CCO)CC1)C(=O)c1ccccc1. The molecule has 0 unspecified atom stereocenters. The predicted octanol–water partition coefficient (Wildman–Crippen LogP) is 1.04. The third-order valence-electron chi connectivity index (χ3n) is 4.01. The molecule has 114 valence electrons. The van der Waals surface area contributed by atoms with Crippen molar-refractivity contribution in [3.05, 3.63) is 35.9 Å². The fourth-order valence-electron chi connectivity index (χ4n) is 2.36. The van der Waals surface area contributed by atoms with Crippen LogP contribution in [0.3, 0.4) is 0 Å². The van der Waals surface area contributed by atoms with Gasteiger partial charge in [0.1, 0.15) is 0 Å². The van der Waals surface area contributed by atoms with Gasteiger partial charge in [0.2, 0.25) is 5.91 Å². The highest BCUT2D eigenvalue weighted by Gasteiger charge is 2.41. The van der Waals surface area contributed by atoms with E-state index in [9.17, 15) is 9.59 Å². The lowest BCUT2D eigenvalue weighted by atomic mass is 10.0. The van der Waals surface area contributed by atoms with Crippen molar-refractivity contribution in [2.45, 2.75) is 19.3 Å². The van der Waals surface area contributed by atoms with Gasteiger partial charge in [0.25, 0.3) is 5.91 Å². The highest BCUT2D eigenvalue weighted by Crippen LogP contribution is 2.47. The molecule has 0 aliphatic heterocycles. The van der Waals surface area contributed by atoms with Crippen LogP contribution in [0.2, 0.25) is 0 Å². The Morgan fingerprint density at radius 3 is 2.52 bits per heavy atom. The first-order valence-electron chi connectivity index (χ1n) is 7.24. The Labute approximate surface area is 125 Å². The average Bonchev–Trinajstić information content (AvgIpc) is 3.26. The molecule has 0 spiro atoms. The molecule has 0 radical (unpaired) electrons. The molecule has 2 amide bonds. The summed E-state index contributed by atoms with van der Waals surface area (Å²) in [6.07, 6.45) is 2.82. The van der Waals surface area contributed by atoms with Crippen molar-refractivity contribution in [2.24, 2.45) is 5.41 Å². The molecule has 1 fully saturated rings. The van der Waals surface area contributed by atoms with E-state index in [0.29, 0.717) is 12.1 Å². The zero-order chi connectivity index (χ0) is 15.3. The minimum atomic E-state index is -0.165. The summed E-state index contributed by atoms with van der Waals surface area (Å²) in [6, 6.07) is 8.91. The van der Waals surface area contributed by atoms with E-state index < -0.39 is 0 Å². The summed E-state index contributed by atoms with van der Waals surface area (Å²) < 4.78 is 0. The van der Waals surface area contributed by atoms with Crippen LogP contribution < -0.4 is 5.32 Å². The number of hydrogen-bond donors (Lipinski definition) is 2. The summed E-state index contributed by atoms with van der Waals surface area (Å²) in [6.45, 7) is 0.783. The lowest BCUT2D eigenvalue weighted by Gasteiger charge is -2.19. The second-order valence-electron chi connectivity index (χ2n) is 5.78. The smallest absolute Gasteiger partial charge is 0.254 e. The van der Waals surface area contributed by atoms with Gasteiger partial charge in [-0.05, 0) is 36.8 Å². The monoisotopic (exact) mass is 290 g/mol. The zero-order valence-electron chi connectivity index (χ0n) is 12.3. The van der Waals surface area contributed by atoms with E-state index in [2.05, 4.69) is 5.32 Å². The molecule has 1 aliphatic rings. The van der Waals surface area contributed by atoms with Gasteiger partial charge in [-0.2, -0.15) is 0 Å². The first kappa shape index (κ1) is 15.5. The number of aliphatic hydroxyl groups excluding tert-OH is 1. The van der Waals surface area contributed by atoms with Gasteiger partial charge in [-0.15, -0.1) is 0 Å². The third-order valence-corrected chi connectivity index (χ3v) is 4.01. The first-order valence-corrected chi connectivity index (χ1v) is 7.24. The summed E-state index contributed by atoms with van der Waals surface area (Å²) >= 11 is 0. The van der Waals surface area contributed by atoms with Gasteiger partial charge in [0.05, 0.1) is 6.54 Å². The van der Waals surface area contributed by atoms with Crippen LogP contribution in [0.25, 0.3) is 0 Å². The van der Waals surface area contributed by atoms with E-state index in [-0.39, 0.29) is 30.4 Å². The van der Waals surface area contributed by atoms with Crippen molar-refractivity contribution in [1.29, 1.82) is 0 Å². The molecule has 5 heteroatoms. The minimum Gasteiger partial charge on any atom is -0.396 e. The Morgan fingerprint density at radius 1 is 1.29 bits per heavy atom. The van der Waals surface area contributed by atoms with Crippen LogP contribution in [0.1, 0.15) is 29.6 Å². The maximum absolute atomic E-state index is 12.1. The van der Waals surface area contributed by atoms with Crippen LogP contribution >= 0.6 is 0 Å². The average molecular weight is 290 g/mol. The van der Waals surface area contributed by atoms with Crippen LogP contribution in [0.4, 0.5) is 0 Å². The number of nitrogens with one attached hydrogen (secondary N) is 1. The Balaban J connectivity index is 1.78. The lowest BCUT2D eigenvalue weighted by molar-refractivity contribution is -0.121. The molecule has 1 aromatic rings. The molecule has 2 N–H and O–H groups in total. The molecule has 2 rings (SSSR count). The second-order valence-corrected chi connectivity index (χ2v) is 5.78. The van der Waals surface area contributed by atoms with Crippen molar-refractivity contribution >= 4 is 11.8 Å². The topological polar surface area (TPSA) is 69.6 Å². The molecule has 0 saturated heterocycles. The van der Waals surface area contributed by atoms with Crippen molar-refractivity contribution in [3.63, 3.8) is 0 Å². The van der Waals surface area contributed by atoms with E-state index in [1.807, 2.05) is 6.07 Å². The molecule has 0 heterocycles. The zero-order valence-corrected chi connectivity index (χ0v) is 12.3. The summed E-state index contributed by atoms with van der Waals surface area (Å²) in [5, 5.41) is 11.8. The van der Waals surface area contributed by atoms with E-state index in [1.165, 1.54) is 4.90 Å². The van der Waals surface area contributed by atoms with Crippen LogP contribution in [0, 0.1) is 5.41 Å². The van der Waals surface area contributed by atoms with E-state index in [4.69, 9.17) is 5.11 Å². The number of carbonyl (C=O) groups is 2. The minimum absolute atomic E-state index is 0.0446. The van der Waals surface area contributed by atoms with Gasteiger partial charge in [-0.25, -0.2) is 0 Å². The van der Waals surface area contributed by atoms with Gasteiger partial charge in [-0.3, -0.25) is 9.59 Å². The highest BCUT2D eigenvalue weighted by molar-refractivity contribution is 5.96. The fraction of sp³-hybridized carbons (Fsp3) is 0.500. The number of aliphatic hydroxyl groups is 1. The maximum atomic E-state index is 12.1. The first-order chi connectivity index (χ1) is 10.1. The van der Waals surface area contributed by atoms with Crippen LogP contribution in [-0.2, 0) is 4.79 Å². The molecule has 1 aromatic carbocycles. The lowest BCUT2D eigenvalue weighted by Crippen LogP contribution is -2.40.